The fourth-order valence-electron chi connectivity index (χ4n) is 5.36. The first-order valence-corrected chi connectivity index (χ1v) is 13.6. The maximum atomic E-state index is 15.2. The highest BCUT2D eigenvalue weighted by molar-refractivity contribution is 7.92. The molecule has 0 spiro atoms. The van der Waals surface area contributed by atoms with Gasteiger partial charge in [-0.05, 0) is 37.0 Å². The van der Waals surface area contributed by atoms with E-state index in [2.05, 4.69) is 15.5 Å². The second-order valence-electron chi connectivity index (χ2n) is 9.60. The molecule has 36 heavy (non-hydrogen) atoms. The summed E-state index contributed by atoms with van der Waals surface area (Å²) in [5.41, 5.74) is 0.752. The Morgan fingerprint density at radius 2 is 1.83 bits per heavy atom. The lowest BCUT2D eigenvalue weighted by atomic mass is 9.99. The maximum Gasteiger partial charge on any atom is 0.163 e. The SMILES string of the molecule is C[C@@H]1NC[C@@H](c2ccccc2)S(=O)(=O)C1Cc1cc(F)c(N2CC[C@@H](n3cnnc3)[C@H](O)C2)cc1F. The van der Waals surface area contributed by atoms with Gasteiger partial charge in [-0.15, -0.1) is 10.2 Å². The Hall–Kier alpha value is -2.89. The van der Waals surface area contributed by atoms with Crippen LogP contribution in [0.4, 0.5) is 14.5 Å². The number of aliphatic hydroxyl groups is 1. The van der Waals surface area contributed by atoms with Crippen LogP contribution in [0.2, 0.25) is 0 Å². The van der Waals surface area contributed by atoms with Crippen molar-refractivity contribution < 1.29 is 22.3 Å². The number of rotatable bonds is 5. The van der Waals surface area contributed by atoms with Gasteiger partial charge in [-0.2, -0.15) is 0 Å². The van der Waals surface area contributed by atoms with Crippen LogP contribution >= 0.6 is 0 Å². The molecule has 0 bridgehead atoms. The second-order valence-corrected chi connectivity index (χ2v) is 12.0. The van der Waals surface area contributed by atoms with Crippen molar-refractivity contribution in [2.75, 3.05) is 24.5 Å². The van der Waals surface area contributed by atoms with Gasteiger partial charge in [0.25, 0.3) is 0 Å². The number of hydrogen-bond donors (Lipinski definition) is 2. The third-order valence-corrected chi connectivity index (χ3v) is 10.1. The van der Waals surface area contributed by atoms with E-state index in [0.717, 1.165) is 12.1 Å². The van der Waals surface area contributed by atoms with Crippen molar-refractivity contribution in [3.8, 4) is 0 Å². The molecule has 2 aromatic carbocycles. The third-order valence-electron chi connectivity index (χ3n) is 7.42. The number of nitrogens with zero attached hydrogens (tertiary/aromatic N) is 4. The molecule has 1 aromatic heterocycles. The van der Waals surface area contributed by atoms with Crippen LogP contribution in [-0.4, -0.2) is 65.3 Å². The van der Waals surface area contributed by atoms with Crippen LogP contribution in [0.3, 0.4) is 0 Å². The molecule has 192 valence electrons. The van der Waals surface area contributed by atoms with Crippen LogP contribution in [0.25, 0.3) is 0 Å². The summed E-state index contributed by atoms with van der Waals surface area (Å²) in [4.78, 5) is 1.61. The van der Waals surface area contributed by atoms with Gasteiger partial charge in [-0.1, -0.05) is 30.3 Å². The zero-order valence-electron chi connectivity index (χ0n) is 19.8. The van der Waals surface area contributed by atoms with Gasteiger partial charge >= 0.3 is 0 Å². The van der Waals surface area contributed by atoms with Crippen LogP contribution < -0.4 is 10.2 Å². The number of benzene rings is 2. The highest BCUT2D eigenvalue weighted by atomic mass is 32.2. The van der Waals surface area contributed by atoms with Gasteiger partial charge in [-0.3, -0.25) is 0 Å². The molecule has 2 aliphatic heterocycles. The van der Waals surface area contributed by atoms with Crippen LogP contribution in [0.15, 0.2) is 55.1 Å². The summed E-state index contributed by atoms with van der Waals surface area (Å²) >= 11 is 0. The van der Waals surface area contributed by atoms with Crippen molar-refractivity contribution in [2.45, 2.75) is 48.5 Å². The van der Waals surface area contributed by atoms with Crippen LogP contribution in [0, 0.1) is 11.6 Å². The number of piperidine rings is 1. The second kappa shape index (κ2) is 9.87. The molecule has 11 heteroatoms. The number of β-amino-alcohol motifs (C(OH)–C–C–N with tert-alkyl or cyclic N) is 1. The topological polar surface area (TPSA) is 100 Å². The van der Waals surface area contributed by atoms with E-state index >= 15 is 8.78 Å². The maximum absolute atomic E-state index is 15.2. The van der Waals surface area contributed by atoms with Crippen molar-refractivity contribution in [1.82, 2.24) is 20.1 Å². The molecule has 0 radical (unpaired) electrons. The Kier molecular flexibility index (Phi) is 6.80. The summed E-state index contributed by atoms with van der Waals surface area (Å²) in [5, 5.41) is 19.7. The van der Waals surface area contributed by atoms with Gasteiger partial charge in [0.1, 0.15) is 24.3 Å². The molecular formula is C25H29F2N5O3S. The highest BCUT2D eigenvalue weighted by Gasteiger charge is 2.43. The zero-order valence-corrected chi connectivity index (χ0v) is 20.7. The molecule has 0 amide bonds. The molecule has 2 N–H and O–H groups in total. The molecule has 2 saturated heterocycles. The van der Waals surface area contributed by atoms with E-state index in [1.165, 1.54) is 12.7 Å². The number of sulfone groups is 1. The summed E-state index contributed by atoms with van der Waals surface area (Å²) < 4.78 is 59.2. The number of aromatic nitrogens is 3. The average molecular weight is 518 g/mol. The first-order valence-electron chi connectivity index (χ1n) is 12.0. The number of nitrogens with one attached hydrogen (secondary N) is 1. The first-order chi connectivity index (χ1) is 17.3. The van der Waals surface area contributed by atoms with E-state index in [9.17, 15) is 13.5 Å². The van der Waals surface area contributed by atoms with Gasteiger partial charge in [0.05, 0.1) is 28.3 Å². The Balaban J connectivity index is 1.35. The van der Waals surface area contributed by atoms with E-state index in [1.807, 2.05) is 6.07 Å². The molecule has 0 saturated carbocycles. The monoisotopic (exact) mass is 517 g/mol. The van der Waals surface area contributed by atoms with Crippen molar-refractivity contribution >= 4 is 15.5 Å². The fourth-order valence-corrected chi connectivity index (χ4v) is 7.73. The lowest BCUT2D eigenvalue weighted by Gasteiger charge is -2.38. The van der Waals surface area contributed by atoms with Crippen molar-refractivity contribution in [2.24, 2.45) is 0 Å². The Bertz CT molecular complexity index is 1310. The Morgan fingerprint density at radius 1 is 1.11 bits per heavy atom. The number of halogens is 2. The van der Waals surface area contributed by atoms with E-state index in [0.29, 0.717) is 18.5 Å². The molecular weight excluding hydrogens is 488 g/mol. The van der Waals surface area contributed by atoms with Crippen LogP contribution in [0.1, 0.15) is 35.8 Å². The standard InChI is InChI=1S/C25H29F2N5O3S/c1-16-24(36(34,35)25(12-28-16)17-5-3-2-4-6-17)10-18-9-20(27)22(11-19(18)26)31-8-7-21(23(33)13-31)32-14-29-30-15-32/h2-6,9,11,14-16,21,23-25,28,33H,7-8,10,12-13H2,1H3/t16-,21+,23+,24?,25-/m0/s1. The summed E-state index contributed by atoms with van der Waals surface area (Å²) in [6.07, 6.45) is 2.60. The quantitative estimate of drug-likeness (QED) is 0.536. The number of hydrogen-bond acceptors (Lipinski definition) is 7. The van der Waals surface area contributed by atoms with E-state index in [-0.39, 0.29) is 36.8 Å². The highest BCUT2D eigenvalue weighted by Crippen LogP contribution is 2.34. The fraction of sp³-hybridized carbons (Fsp3) is 0.440. The van der Waals surface area contributed by atoms with E-state index < -0.39 is 44.1 Å². The molecule has 5 atom stereocenters. The van der Waals surface area contributed by atoms with Gasteiger partial charge < -0.3 is 19.9 Å². The first kappa shape index (κ1) is 24.8. The lowest BCUT2D eigenvalue weighted by molar-refractivity contribution is 0.0976. The lowest BCUT2D eigenvalue weighted by Crippen LogP contribution is -2.53. The minimum Gasteiger partial charge on any atom is -0.389 e. The smallest absolute Gasteiger partial charge is 0.163 e. The molecule has 3 aromatic rings. The summed E-state index contributed by atoms with van der Waals surface area (Å²) in [7, 11) is -3.67. The van der Waals surface area contributed by atoms with Crippen molar-refractivity contribution in [1.29, 1.82) is 0 Å². The van der Waals surface area contributed by atoms with Crippen molar-refractivity contribution in [3.05, 3.63) is 77.9 Å². The molecule has 2 fully saturated rings. The summed E-state index contributed by atoms with van der Waals surface area (Å²) in [6, 6.07) is 10.5. The summed E-state index contributed by atoms with van der Waals surface area (Å²) in [6.45, 7) is 2.56. The predicted molar refractivity (Wildman–Crippen MR) is 131 cm³/mol. The minimum absolute atomic E-state index is 0.0205. The molecule has 8 nitrogen and oxygen atoms in total. The average Bonchev–Trinajstić information content (AvgIpc) is 3.38. The molecule has 1 unspecified atom stereocenters. The Labute approximate surface area is 208 Å². The number of aliphatic hydroxyl groups excluding tert-OH is 1. The molecule has 0 aliphatic carbocycles. The van der Waals surface area contributed by atoms with E-state index in [4.69, 9.17) is 0 Å². The van der Waals surface area contributed by atoms with Gasteiger partial charge in [0.15, 0.2) is 9.84 Å². The van der Waals surface area contributed by atoms with Crippen LogP contribution in [-0.2, 0) is 16.3 Å². The van der Waals surface area contributed by atoms with Crippen molar-refractivity contribution in [3.63, 3.8) is 0 Å². The largest absolute Gasteiger partial charge is 0.389 e. The van der Waals surface area contributed by atoms with Gasteiger partial charge in [-0.25, -0.2) is 17.2 Å². The third kappa shape index (κ3) is 4.62. The predicted octanol–water partition coefficient (Wildman–Crippen LogP) is 2.43. The zero-order chi connectivity index (χ0) is 25.4. The molecule has 5 rings (SSSR count). The normalized spacial score (nSPS) is 28.2. The molecule has 3 heterocycles. The van der Waals surface area contributed by atoms with Crippen LogP contribution in [0.5, 0.6) is 0 Å². The Morgan fingerprint density at radius 3 is 2.53 bits per heavy atom. The summed E-state index contributed by atoms with van der Waals surface area (Å²) in [5.74, 6) is -1.30. The molecule has 2 aliphatic rings. The van der Waals surface area contributed by atoms with E-state index in [1.54, 1.807) is 40.7 Å². The number of anilines is 1. The van der Waals surface area contributed by atoms with Gasteiger partial charge in [0.2, 0.25) is 0 Å². The minimum atomic E-state index is -3.67. The van der Waals surface area contributed by atoms with Gasteiger partial charge in [0, 0.05) is 31.7 Å².